The summed E-state index contributed by atoms with van der Waals surface area (Å²) >= 11 is 0. The standard InChI is InChI=1S/C30H28F3N5O4/c1-15(2)24-26(16(3)8-11-34-24)38-27-21(14-20(33)25(35-27)23-19(32)6-5-7-22(23)39)37(29(41)30(38)42)18-9-12-36(13-10-18)28(40)17(4)31/h5-8,11,14-15,18,39H,4,9-10,12-13H2,1-3H3. The Bertz CT molecular complexity index is 1850. The quantitative estimate of drug-likeness (QED) is 0.272. The van der Waals surface area contributed by atoms with Crippen LogP contribution < -0.4 is 11.1 Å². The minimum absolute atomic E-state index is 0.0469. The van der Waals surface area contributed by atoms with Crippen molar-refractivity contribution in [2.45, 2.75) is 45.6 Å². The van der Waals surface area contributed by atoms with Crippen LogP contribution in [0.15, 0.2) is 58.5 Å². The average molecular weight is 580 g/mol. The van der Waals surface area contributed by atoms with Crippen LogP contribution in [0.4, 0.5) is 13.2 Å². The molecule has 1 aliphatic heterocycles. The van der Waals surface area contributed by atoms with Crippen LogP contribution in [0.3, 0.4) is 0 Å². The molecule has 42 heavy (non-hydrogen) atoms. The molecule has 0 atom stereocenters. The second-order valence-electron chi connectivity index (χ2n) is 10.6. The van der Waals surface area contributed by atoms with Crippen LogP contribution in [-0.4, -0.2) is 48.1 Å². The number of piperidine rings is 1. The minimum Gasteiger partial charge on any atom is -0.507 e. The average Bonchev–Trinajstić information content (AvgIpc) is 2.94. The second-order valence-corrected chi connectivity index (χ2v) is 10.6. The number of halogens is 3. The van der Waals surface area contributed by atoms with Crippen LogP contribution >= 0.6 is 0 Å². The number of fused-ring (bicyclic) bond motifs is 1. The van der Waals surface area contributed by atoms with Crippen molar-refractivity contribution >= 4 is 17.1 Å². The third-order valence-electron chi connectivity index (χ3n) is 7.51. The van der Waals surface area contributed by atoms with E-state index in [1.807, 2.05) is 13.8 Å². The van der Waals surface area contributed by atoms with Crippen LogP contribution in [0.5, 0.6) is 5.75 Å². The molecule has 218 valence electrons. The number of carbonyl (C=O) groups excluding carboxylic acids is 1. The Labute approximate surface area is 238 Å². The molecule has 0 spiro atoms. The molecule has 5 rings (SSSR count). The second kappa shape index (κ2) is 10.9. The van der Waals surface area contributed by atoms with Gasteiger partial charge in [-0.1, -0.05) is 26.5 Å². The van der Waals surface area contributed by atoms with E-state index in [4.69, 9.17) is 0 Å². The first-order chi connectivity index (χ1) is 19.9. The molecule has 1 fully saturated rings. The van der Waals surface area contributed by atoms with E-state index in [-0.39, 0.29) is 48.7 Å². The lowest BCUT2D eigenvalue weighted by molar-refractivity contribution is -0.129. The number of nitrogens with zero attached hydrogens (tertiary/aromatic N) is 5. The van der Waals surface area contributed by atoms with E-state index in [1.165, 1.54) is 17.0 Å². The SMILES string of the molecule is C=C(F)C(=O)N1CCC(n2c(=O)c(=O)n(-c3c(C)ccnc3C(C)C)c3nc(-c4c(O)cccc4F)c(F)cc32)CC1. The number of aryl methyl sites for hydroxylation is 1. The molecule has 0 aliphatic carbocycles. The highest BCUT2D eigenvalue weighted by Gasteiger charge is 2.30. The van der Waals surface area contributed by atoms with Gasteiger partial charge in [0.15, 0.2) is 17.3 Å². The fourth-order valence-electron chi connectivity index (χ4n) is 5.49. The molecular weight excluding hydrogens is 551 g/mol. The predicted octanol–water partition coefficient (Wildman–Crippen LogP) is 4.67. The van der Waals surface area contributed by atoms with Gasteiger partial charge in [-0.3, -0.25) is 28.5 Å². The lowest BCUT2D eigenvalue weighted by Crippen LogP contribution is -2.46. The maximum absolute atomic E-state index is 15.8. The third-order valence-corrected chi connectivity index (χ3v) is 7.51. The van der Waals surface area contributed by atoms with Crippen molar-refractivity contribution in [2.24, 2.45) is 0 Å². The maximum atomic E-state index is 15.8. The number of phenolic OH excluding ortho intramolecular Hbond substituents is 1. The third kappa shape index (κ3) is 4.76. The van der Waals surface area contributed by atoms with Gasteiger partial charge in [0.05, 0.1) is 22.5 Å². The predicted molar refractivity (Wildman–Crippen MR) is 150 cm³/mol. The topological polar surface area (TPSA) is 110 Å². The highest BCUT2D eigenvalue weighted by atomic mass is 19.1. The van der Waals surface area contributed by atoms with E-state index in [2.05, 4.69) is 16.5 Å². The number of hydrogen-bond donors (Lipinski definition) is 1. The normalized spacial score (nSPS) is 14.1. The summed E-state index contributed by atoms with van der Waals surface area (Å²) in [6.45, 7) is 8.62. The summed E-state index contributed by atoms with van der Waals surface area (Å²) < 4.78 is 46.3. The summed E-state index contributed by atoms with van der Waals surface area (Å²) in [7, 11) is 0. The van der Waals surface area contributed by atoms with E-state index >= 15 is 4.39 Å². The molecule has 3 aromatic heterocycles. The number of carbonyl (C=O) groups is 1. The fourth-order valence-corrected chi connectivity index (χ4v) is 5.49. The molecule has 1 N–H and O–H groups in total. The largest absolute Gasteiger partial charge is 0.507 e. The van der Waals surface area contributed by atoms with Gasteiger partial charge in [-0.15, -0.1) is 0 Å². The van der Waals surface area contributed by atoms with Gasteiger partial charge in [0.25, 0.3) is 5.91 Å². The van der Waals surface area contributed by atoms with Crippen LogP contribution in [0.1, 0.15) is 49.9 Å². The number of aromatic hydroxyl groups is 1. The first-order valence-electron chi connectivity index (χ1n) is 13.4. The number of hydrogen-bond acceptors (Lipinski definition) is 6. The van der Waals surface area contributed by atoms with E-state index < -0.39 is 57.5 Å². The molecule has 1 aromatic carbocycles. The number of amides is 1. The molecule has 0 saturated carbocycles. The summed E-state index contributed by atoms with van der Waals surface area (Å²) in [6.07, 6.45) is 1.90. The Morgan fingerprint density at radius 2 is 1.79 bits per heavy atom. The van der Waals surface area contributed by atoms with Crippen molar-refractivity contribution in [3.63, 3.8) is 0 Å². The fraction of sp³-hybridized carbons (Fsp3) is 0.300. The Hall–Kier alpha value is -4.74. The smallest absolute Gasteiger partial charge is 0.322 e. The van der Waals surface area contributed by atoms with Gasteiger partial charge < -0.3 is 10.0 Å². The molecule has 9 nitrogen and oxygen atoms in total. The highest BCUT2D eigenvalue weighted by Crippen LogP contribution is 2.35. The molecule has 1 saturated heterocycles. The summed E-state index contributed by atoms with van der Waals surface area (Å²) in [5, 5.41) is 10.4. The van der Waals surface area contributed by atoms with Gasteiger partial charge in [-0.25, -0.2) is 18.2 Å². The van der Waals surface area contributed by atoms with E-state index in [9.17, 15) is 28.3 Å². The van der Waals surface area contributed by atoms with Crippen molar-refractivity contribution in [1.29, 1.82) is 0 Å². The first-order valence-corrected chi connectivity index (χ1v) is 13.4. The van der Waals surface area contributed by atoms with Crippen molar-refractivity contribution in [2.75, 3.05) is 13.1 Å². The minimum atomic E-state index is -1.11. The molecule has 0 radical (unpaired) electrons. The molecule has 1 amide bonds. The van der Waals surface area contributed by atoms with Crippen molar-refractivity contribution in [3.8, 4) is 22.7 Å². The zero-order valence-electron chi connectivity index (χ0n) is 23.2. The molecule has 12 heteroatoms. The van der Waals surface area contributed by atoms with Crippen LogP contribution in [0, 0.1) is 18.6 Å². The number of aromatic nitrogens is 4. The Kier molecular flexibility index (Phi) is 7.48. The molecule has 4 heterocycles. The molecule has 0 unspecified atom stereocenters. The zero-order valence-corrected chi connectivity index (χ0v) is 23.2. The highest BCUT2D eigenvalue weighted by molar-refractivity contribution is 5.90. The summed E-state index contributed by atoms with van der Waals surface area (Å²) in [5.41, 5.74) is -1.83. The van der Waals surface area contributed by atoms with Gasteiger partial charge >= 0.3 is 11.1 Å². The molecule has 1 aliphatic rings. The maximum Gasteiger partial charge on any atom is 0.322 e. The van der Waals surface area contributed by atoms with Gasteiger partial charge in [0.2, 0.25) is 0 Å². The first kappa shape index (κ1) is 28.8. The Morgan fingerprint density at radius 3 is 2.40 bits per heavy atom. The summed E-state index contributed by atoms with van der Waals surface area (Å²) in [6, 6.07) is 5.46. The lowest BCUT2D eigenvalue weighted by atomic mass is 10.0. The number of likely N-dealkylation sites (tertiary alicyclic amines) is 1. The van der Waals surface area contributed by atoms with Crippen LogP contribution in [-0.2, 0) is 4.79 Å². The lowest BCUT2D eigenvalue weighted by Gasteiger charge is -2.33. The van der Waals surface area contributed by atoms with Gasteiger partial charge in [-0.2, -0.15) is 0 Å². The molecular formula is C30H28F3N5O4. The van der Waals surface area contributed by atoms with E-state index in [0.717, 1.165) is 21.3 Å². The van der Waals surface area contributed by atoms with Crippen molar-refractivity contribution in [3.05, 3.63) is 92.5 Å². The Balaban J connectivity index is 1.84. The van der Waals surface area contributed by atoms with Crippen LogP contribution in [0.25, 0.3) is 28.1 Å². The van der Waals surface area contributed by atoms with E-state index in [0.29, 0.717) is 11.3 Å². The number of pyridine rings is 2. The number of rotatable bonds is 5. The summed E-state index contributed by atoms with van der Waals surface area (Å²) in [5.74, 6) is -4.69. The molecule has 0 bridgehead atoms. The van der Waals surface area contributed by atoms with Crippen LogP contribution in [0.2, 0.25) is 0 Å². The van der Waals surface area contributed by atoms with Gasteiger partial charge in [0.1, 0.15) is 17.3 Å². The van der Waals surface area contributed by atoms with E-state index in [1.54, 1.807) is 19.2 Å². The Morgan fingerprint density at radius 1 is 1.10 bits per heavy atom. The monoisotopic (exact) mass is 579 g/mol. The van der Waals surface area contributed by atoms with Crippen molar-refractivity contribution < 1.29 is 23.1 Å². The van der Waals surface area contributed by atoms with Gasteiger partial charge in [-0.05, 0) is 49.4 Å². The number of phenols is 1. The molecule has 4 aromatic rings. The summed E-state index contributed by atoms with van der Waals surface area (Å²) in [4.78, 5) is 49.8. The van der Waals surface area contributed by atoms with Gasteiger partial charge in [0, 0.05) is 31.4 Å². The zero-order chi connectivity index (χ0) is 30.5. The van der Waals surface area contributed by atoms with Crippen molar-refractivity contribution in [1.82, 2.24) is 24.0 Å². The number of benzene rings is 1.